The number of anilines is 2. The monoisotopic (exact) mass is 327 g/mol. The molecule has 0 radical (unpaired) electrons. The summed E-state index contributed by atoms with van der Waals surface area (Å²) in [6.45, 7) is 3.67. The highest BCUT2D eigenvalue weighted by molar-refractivity contribution is 6.32. The van der Waals surface area contributed by atoms with Crippen LogP contribution in [0.2, 0.25) is 5.02 Å². The number of halogens is 1. The van der Waals surface area contributed by atoms with Crippen molar-refractivity contribution in [3.63, 3.8) is 0 Å². The fraction of sp³-hybridized carbons (Fsp3) is 0.353. The van der Waals surface area contributed by atoms with Gasteiger partial charge in [0.05, 0.1) is 22.3 Å². The van der Waals surface area contributed by atoms with E-state index >= 15 is 0 Å². The van der Waals surface area contributed by atoms with Crippen LogP contribution in [0.1, 0.15) is 17.7 Å². The van der Waals surface area contributed by atoms with E-state index in [0.29, 0.717) is 16.6 Å². The SMILES string of the molecule is Cc1ccnc(N(C)C2CCN(c3cccc(Cl)c3C#N)C2)n1. The fourth-order valence-corrected chi connectivity index (χ4v) is 3.14. The van der Waals surface area contributed by atoms with Crippen LogP contribution >= 0.6 is 11.6 Å². The second kappa shape index (κ2) is 6.43. The molecule has 2 aromatic rings. The van der Waals surface area contributed by atoms with Crippen LogP contribution in [-0.2, 0) is 0 Å². The van der Waals surface area contributed by atoms with Crippen LogP contribution in [0.3, 0.4) is 0 Å². The van der Waals surface area contributed by atoms with Gasteiger partial charge >= 0.3 is 0 Å². The lowest BCUT2D eigenvalue weighted by Crippen LogP contribution is -2.35. The zero-order chi connectivity index (χ0) is 16.4. The molecule has 1 aliphatic rings. The Morgan fingerprint density at radius 3 is 2.96 bits per heavy atom. The highest BCUT2D eigenvalue weighted by Crippen LogP contribution is 2.30. The summed E-state index contributed by atoms with van der Waals surface area (Å²) >= 11 is 6.14. The maximum absolute atomic E-state index is 9.35. The molecule has 6 heteroatoms. The van der Waals surface area contributed by atoms with Crippen molar-refractivity contribution >= 4 is 23.2 Å². The maximum atomic E-state index is 9.35. The van der Waals surface area contributed by atoms with E-state index in [2.05, 4.69) is 25.8 Å². The molecule has 3 rings (SSSR count). The van der Waals surface area contributed by atoms with E-state index in [4.69, 9.17) is 11.6 Å². The Balaban J connectivity index is 1.79. The molecule has 5 nitrogen and oxygen atoms in total. The molecule has 118 valence electrons. The zero-order valence-corrected chi connectivity index (χ0v) is 14.0. The summed E-state index contributed by atoms with van der Waals surface area (Å²) in [6.07, 6.45) is 2.77. The Kier molecular flexibility index (Phi) is 4.35. The summed E-state index contributed by atoms with van der Waals surface area (Å²) in [6, 6.07) is 10.0. The van der Waals surface area contributed by atoms with Crippen molar-refractivity contribution in [3.05, 3.63) is 46.7 Å². The van der Waals surface area contributed by atoms with Gasteiger partial charge in [-0.3, -0.25) is 0 Å². The van der Waals surface area contributed by atoms with Crippen molar-refractivity contribution in [3.8, 4) is 6.07 Å². The van der Waals surface area contributed by atoms with Gasteiger partial charge in [0.1, 0.15) is 6.07 Å². The lowest BCUT2D eigenvalue weighted by Gasteiger charge is -2.26. The third kappa shape index (κ3) is 3.08. The van der Waals surface area contributed by atoms with Crippen molar-refractivity contribution in [1.82, 2.24) is 9.97 Å². The number of hydrogen-bond donors (Lipinski definition) is 0. The minimum atomic E-state index is 0.308. The molecule has 1 aromatic carbocycles. The molecule has 1 aliphatic heterocycles. The summed E-state index contributed by atoms with van der Waals surface area (Å²) in [5.74, 6) is 0.739. The predicted molar refractivity (Wildman–Crippen MR) is 92.0 cm³/mol. The summed E-state index contributed by atoms with van der Waals surface area (Å²) < 4.78 is 0. The molecule has 2 heterocycles. The molecule has 0 bridgehead atoms. The van der Waals surface area contributed by atoms with E-state index in [1.165, 1.54) is 0 Å². The van der Waals surface area contributed by atoms with Crippen LogP contribution in [0.15, 0.2) is 30.5 Å². The topological polar surface area (TPSA) is 56.1 Å². The summed E-state index contributed by atoms with van der Waals surface area (Å²) in [5, 5.41) is 9.86. The van der Waals surface area contributed by atoms with Crippen LogP contribution in [0, 0.1) is 18.3 Å². The Hall–Kier alpha value is -2.32. The van der Waals surface area contributed by atoms with Gasteiger partial charge in [-0.05, 0) is 31.5 Å². The number of likely N-dealkylation sites (N-methyl/N-ethyl adjacent to an activating group) is 1. The van der Waals surface area contributed by atoms with E-state index < -0.39 is 0 Å². The number of aromatic nitrogens is 2. The van der Waals surface area contributed by atoms with Gasteiger partial charge in [-0.25, -0.2) is 9.97 Å². The average Bonchev–Trinajstić information content (AvgIpc) is 3.03. The summed E-state index contributed by atoms with van der Waals surface area (Å²) in [7, 11) is 2.02. The van der Waals surface area contributed by atoms with Crippen molar-refractivity contribution in [2.45, 2.75) is 19.4 Å². The van der Waals surface area contributed by atoms with E-state index in [1.54, 1.807) is 12.3 Å². The Morgan fingerprint density at radius 2 is 2.22 bits per heavy atom. The van der Waals surface area contributed by atoms with Gasteiger partial charge in [-0.15, -0.1) is 0 Å². The quantitative estimate of drug-likeness (QED) is 0.867. The van der Waals surface area contributed by atoms with Crippen LogP contribution in [0.4, 0.5) is 11.6 Å². The maximum Gasteiger partial charge on any atom is 0.225 e. The highest BCUT2D eigenvalue weighted by Gasteiger charge is 2.28. The standard InChI is InChI=1S/C17H18ClN5/c1-12-6-8-20-17(21-12)22(2)13-7-9-23(11-13)16-5-3-4-15(18)14(16)10-19/h3-6,8,13H,7,9,11H2,1-2H3. The van der Waals surface area contributed by atoms with Gasteiger partial charge in [0.2, 0.25) is 5.95 Å². The first-order valence-electron chi connectivity index (χ1n) is 7.56. The number of benzene rings is 1. The average molecular weight is 328 g/mol. The molecule has 1 unspecified atom stereocenters. The van der Waals surface area contributed by atoms with Crippen molar-refractivity contribution < 1.29 is 0 Å². The molecule has 0 N–H and O–H groups in total. The number of rotatable bonds is 3. The molecule has 1 saturated heterocycles. The first-order valence-corrected chi connectivity index (χ1v) is 7.94. The second-order valence-electron chi connectivity index (χ2n) is 5.74. The second-order valence-corrected chi connectivity index (χ2v) is 6.15. The number of aryl methyl sites for hydroxylation is 1. The lowest BCUT2D eigenvalue weighted by molar-refractivity contribution is 0.673. The first kappa shape index (κ1) is 15.6. The third-order valence-corrected chi connectivity index (χ3v) is 4.57. The Morgan fingerprint density at radius 1 is 1.39 bits per heavy atom. The van der Waals surface area contributed by atoms with Gasteiger partial charge < -0.3 is 9.80 Å². The molecular weight excluding hydrogens is 310 g/mol. The van der Waals surface area contributed by atoms with Crippen LogP contribution in [0.25, 0.3) is 0 Å². The molecule has 1 atom stereocenters. The molecule has 0 aliphatic carbocycles. The summed E-state index contributed by atoms with van der Waals surface area (Å²) in [4.78, 5) is 13.2. The van der Waals surface area contributed by atoms with Gasteiger partial charge in [0.25, 0.3) is 0 Å². The molecule has 23 heavy (non-hydrogen) atoms. The fourth-order valence-electron chi connectivity index (χ4n) is 2.93. The third-order valence-electron chi connectivity index (χ3n) is 4.25. The minimum absolute atomic E-state index is 0.308. The highest BCUT2D eigenvalue weighted by atomic mass is 35.5. The molecule has 1 aromatic heterocycles. The largest absolute Gasteiger partial charge is 0.368 e. The first-order chi connectivity index (χ1) is 11.1. The van der Waals surface area contributed by atoms with Gasteiger partial charge in [-0.1, -0.05) is 17.7 Å². The minimum Gasteiger partial charge on any atom is -0.368 e. The van der Waals surface area contributed by atoms with E-state index in [0.717, 1.165) is 36.8 Å². The Labute approximate surface area is 141 Å². The molecule has 0 amide bonds. The van der Waals surface area contributed by atoms with Gasteiger partial charge in [-0.2, -0.15) is 5.26 Å². The number of nitriles is 1. The van der Waals surface area contributed by atoms with E-state index in [-0.39, 0.29) is 0 Å². The molecule has 1 fully saturated rings. The Bertz CT molecular complexity index is 755. The van der Waals surface area contributed by atoms with Crippen LogP contribution in [-0.4, -0.2) is 36.1 Å². The van der Waals surface area contributed by atoms with E-state index in [1.807, 2.05) is 32.2 Å². The van der Waals surface area contributed by atoms with Crippen molar-refractivity contribution in [2.24, 2.45) is 0 Å². The molecule has 0 saturated carbocycles. The smallest absolute Gasteiger partial charge is 0.225 e. The van der Waals surface area contributed by atoms with Crippen molar-refractivity contribution in [1.29, 1.82) is 5.26 Å². The van der Waals surface area contributed by atoms with Crippen molar-refractivity contribution in [2.75, 3.05) is 29.9 Å². The van der Waals surface area contributed by atoms with Crippen LogP contribution in [0.5, 0.6) is 0 Å². The molecular formula is C17H18ClN5. The lowest BCUT2D eigenvalue weighted by atomic mass is 10.2. The zero-order valence-electron chi connectivity index (χ0n) is 13.2. The number of hydrogen-bond acceptors (Lipinski definition) is 5. The predicted octanol–water partition coefficient (Wildman–Crippen LogP) is 3.03. The van der Waals surface area contributed by atoms with Gasteiger partial charge in [0, 0.05) is 32.0 Å². The summed E-state index contributed by atoms with van der Waals surface area (Å²) in [5.41, 5.74) is 2.41. The number of nitrogens with zero attached hydrogens (tertiary/aromatic N) is 5. The molecule has 0 spiro atoms. The van der Waals surface area contributed by atoms with Crippen LogP contribution < -0.4 is 9.80 Å². The van der Waals surface area contributed by atoms with Gasteiger partial charge in [0.15, 0.2) is 0 Å². The van der Waals surface area contributed by atoms with E-state index in [9.17, 15) is 5.26 Å². The normalized spacial score (nSPS) is 17.1.